The molecular formula is C26H27ClN2O2S. The van der Waals surface area contributed by atoms with E-state index in [1.54, 1.807) is 35.8 Å². The molecule has 0 aliphatic carbocycles. The summed E-state index contributed by atoms with van der Waals surface area (Å²) in [5, 5.41) is 3.37. The van der Waals surface area contributed by atoms with Crippen molar-refractivity contribution in [2.24, 2.45) is 0 Å². The standard InChI is InChI=1S/C26H27ClN2O2S/c1-28-26(31)24(16-20-8-4-2-5-9-20)29(17-21-12-14-23(27)15-13-21)25(30)19-32-18-22-10-6-3-7-11-22/h2-15,24H,16-19H2,1H3,(H,28,31)/t24-/m0/s1. The van der Waals surface area contributed by atoms with E-state index in [0.29, 0.717) is 23.7 Å². The highest BCUT2D eigenvalue weighted by atomic mass is 35.5. The molecule has 0 heterocycles. The van der Waals surface area contributed by atoms with Gasteiger partial charge in [-0.1, -0.05) is 84.4 Å². The second-order valence-electron chi connectivity index (χ2n) is 7.45. The molecule has 0 fully saturated rings. The van der Waals surface area contributed by atoms with Crippen LogP contribution in [0.1, 0.15) is 16.7 Å². The van der Waals surface area contributed by atoms with E-state index >= 15 is 0 Å². The van der Waals surface area contributed by atoms with Crippen molar-refractivity contribution in [1.29, 1.82) is 0 Å². The molecule has 4 nitrogen and oxygen atoms in total. The van der Waals surface area contributed by atoms with E-state index in [4.69, 9.17) is 11.6 Å². The molecule has 0 bridgehead atoms. The maximum absolute atomic E-state index is 13.4. The Balaban J connectivity index is 1.80. The van der Waals surface area contributed by atoms with Gasteiger partial charge in [0, 0.05) is 30.8 Å². The van der Waals surface area contributed by atoms with E-state index in [1.807, 2.05) is 72.8 Å². The lowest BCUT2D eigenvalue weighted by atomic mass is 10.0. The van der Waals surface area contributed by atoms with Crippen molar-refractivity contribution < 1.29 is 9.59 Å². The molecule has 3 rings (SSSR count). The summed E-state index contributed by atoms with van der Waals surface area (Å²) in [6.45, 7) is 0.340. The Morgan fingerprint density at radius 3 is 2.06 bits per heavy atom. The van der Waals surface area contributed by atoms with E-state index in [2.05, 4.69) is 5.32 Å². The zero-order valence-corrected chi connectivity index (χ0v) is 19.6. The van der Waals surface area contributed by atoms with Gasteiger partial charge in [-0.2, -0.15) is 0 Å². The Morgan fingerprint density at radius 1 is 0.875 bits per heavy atom. The molecule has 6 heteroatoms. The summed E-state index contributed by atoms with van der Waals surface area (Å²) in [6.07, 6.45) is 0.448. The predicted molar refractivity (Wildman–Crippen MR) is 133 cm³/mol. The van der Waals surface area contributed by atoms with Crippen LogP contribution < -0.4 is 5.32 Å². The monoisotopic (exact) mass is 466 g/mol. The molecule has 2 amide bonds. The van der Waals surface area contributed by atoms with Gasteiger partial charge in [-0.15, -0.1) is 11.8 Å². The highest BCUT2D eigenvalue weighted by Gasteiger charge is 2.29. The zero-order chi connectivity index (χ0) is 22.8. The molecular weight excluding hydrogens is 440 g/mol. The van der Waals surface area contributed by atoms with Crippen molar-refractivity contribution in [3.05, 3.63) is 107 Å². The van der Waals surface area contributed by atoms with Crippen molar-refractivity contribution in [3.8, 4) is 0 Å². The third kappa shape index (κ3) is 7.14. The summed E-state index contributed by atoms with van der Waals surface area (Å²) < 4.78 is 0. The third-order valence-electron chi connectivity index (χ3n) is 5.12. The highest BCUT2D eigenvalue weighted by Crippen LogP contribution is 2.19. The van der Waals surface area contributed by atoms with Gasteiger partial charge in [0.15, 0.2) is 0 Å². The zero-order valence-electron chi connectivity index (χ0n) is 18.0. The van der Waals surface area contributed by atoms with E-state index in [-0.39, 0.29) is 11.8 Å². The first-order valence-electron chi connectivity index (χ1n) is 10.5. The predicted octanol–water partition coefficient (Wildman–Crippen LogP) is 4.96. The lowest BCUT2D eigenvalue weighted by Crippen LogP contribution is -2.50. The lowest BCUT2D eigenvalue weighted by molar-refractivity contribution is -0.139. The molecule has 1 N–H and O–H groups in total. The van der Waals surface area contributed by atoms with Gasteiger partial charge in [0.2, 0.25) is 11.8 Å². The first kappa shape index (κ1) is 23.9. The molecule has 0 radical (unpaired) electrons. The van der Waals surface area contributed by atoms with Crippen LogP contribution in [0, 0.1) is 0 Å². The van der Waals surface area contributed by atoms with Gasteiger partial charge in [-0.05, 0) is 28.8 Å². The minimum atomic E-state index is -0.608. The van der Waals surface area contributed by atoms with Crippen LogP contribution in [-0.2, 0) is 28.3 Å². The number of thioether (sulfide) groups is 1. The average Bonchev–Trinajstić information content (AvgIpc) is 2.83. The van der Waals surface area contributed by atoms with Crippen molar-refractivity contribution in [1.82, 2.24) is 10.2 Å². The molecule has 0 saturated heterocycles. The summed E-state index contributed by atoms with van der Waals surface area (Å²) in [4.78, 5) is 27.9. The van der Waals surface area contributed by atoms with Gasteiger partial charge >= 0.3 is 0 Å². The van der Waals surface area contributed by atoms with E-state index in [9.17, 15) is 9.59 Å². The van der Waals surface area contributed by atoms with Crippen LogP contribution >= 0.6 is 23.4 Å². The van der Waals surface area contributed by atoms with Crippen LogP contribution in [-0.4, -0.2) is 35.6 Å². The highest BCUT2D eigenvalue weighted by molar-refractivity contribution is 7.99. The fourth-order valence-electron chi connectivity index (χ4n) is 3.42. The van der Waals surface area contributed by atoms with E-state index in [1.165, 1.54) is 5.56 Å². The van der Waals surface area contributed by atoms with Crippen molar-refractivity contribution in [3.63, 3.8) is 0 Å². The number of amides is 2. The number of hydrogen-bond acceptors (Lipinski definition) is 3. The number of carbonyl (C=O) groups excluding carboxylic acids is 2. The van der Waals surface area contributed by atoms with Crippen molar-refractivity contribution in [2.45, 2.75) is 24.8 Å². The molecule has 3 aromatic carbocycles. The van der Waals surface area contributed by atoms with Crippen LogP contribution in [0.5, 0.6) is 0 Å². The Kier molecular flexibility index (Phi) is 9.20. The SMILES string of the molecule is CNC(=O)[C@H](Cc1ccccc1)N(Cc1ccc(Cl)cc1)C(=O)CSCc1ccccc1. The Labute approximate surface area is 199 Å². The van der Waals surface area contributed by atoms with Gasteiger partial charge < -0.3 is 10.2 Å². The second-order valence-corrected chi connectivity index (χ2v) is 8.87. The minimum Gasteiger partial charge on any atom is -0.357 e. The number of benzene rings is 3. The summed E-state index contributed by atoms with van der Waals surface area (Å²) in [5.74, 6) is 0.796. The molecule has 166 valence electrons. The smallest absolute Gasteiger partial charge is 0.242 e. The molecule has 3 aromatic rings. The van der Waals surface area contributed by atoms with Gasteiger partial charge in [0.25, 0.3) is 0 Å². The molecule has 0 aliphatic rings. The van der Waals surface area contributed by atoms with Crippen LogP contribution in [0.3, 0.4) is 0 Å². The molecule has 0 aromatic heterocycles. The molecule has 1 atom stereocenters. The number of carbonyl (C=O) groups is 2. The number of nitrogens with zero attached hydrogens (tertiary/aromatic N) is 1. The average molecular weight is 467 g/mol. The summed E-state index contributed by atoms with van der Waals surface area (Å²) in [5.41, 5.74) is 3.10. The Bertz CT molecular complexity index is 997. The number of rotatable bonds is 10. The van der Waals surface area contributed by atoms with Crippen LogP contribution in [0.25, 0.3) is 0 Å². The topological polar surface area (TPSA) is 49.4 Å². The number of nitrogens with one attached hydrogen (secondary N) is 1. The molecule has 0 saturated carbocycles. The first-order chi connectivity index (χ1) is 15.6. The van der Waals surface area contributed by atoms with Gasteiger partial charge in [0.1, 0.15) is 6.04 Å². The maximum atomic E-state index is 13.4. The van der Waals surface area contributed by atoms with E-state index < -0.39 is 6.04 Å². The van der Waals surface area contributed by atoms with Crippen LogP contribution in [0.2, 0.25) is 5.02 Å². The normalized spacial score (nSPS) is 11.6. The number of hydrogen-bond donors (Lipinski definition) is 1. The number of halogens is 1. The summed E-state index contributed by atoms with van der Waals surface area (Å²) in [7, 11) is 1.61. The van der Waals surface area contributed by atoms with E-state index in [0.717, 1.165) is 16.9 Å². The van der Waals surface area contributed by atoms with Crippen LogP contribution in [0.15, 0.2) is 84.9 Å². The fourth-order valence-corrected chi connectivity index (χ4v) is 4.42. The summed E-state index contributed by atoms with van der Waals surface area (Å²) in [6, 6.07) is 26.6. The van der Waals surface area contributed by atoms with Crippen LogP contribution in [0.4, 0.5) is 0 Å². The Morgan fingerprint density at radius 2 is 1.47 bits per heavy atom. The largest absolute Gasteiger partial charge is 0.357 e. The van der Waals surface area contributed by atoms with Gasteiger partial charge in [-0.3, -0.25) is 9.59 Å². The quantitative estimate of drug-likeness (QED) is 0.459. The fraction of sp³-hybridized carbons (Fsp3) is 0.231. The molecule has 32 heavy (non-hydrogen) atoms. The van der Waals surface area contributed by atoms with Crippen molar-refractivity contribution >= 4 is 35.2 Å². The molecule has 0 spiro atoms. The minimum absolute atomic E-state index is 0.0644. The summed E-state index contributed by atoms with van der Waals surface area (Å²) >= 11 is 7.59. The second kappa shape index (κ2) is 12.3. The van der Waals surface area contributed by atoms with Gasteiger partial charge in [0.05, 0.1) is 5.75 Å². The maximum Gasteiger partial charge on any atom is 0.242 e. The lowest BCUT2D eigenvalue weighted by Gasteiger charge is -2.31. The molecule has 0 aliphatic heterocycles. The first-order valence-corrected chi connectivity index (χ1v) is 12.0. The van der Waals surface area contributed by atoms with Gasteiger partial charge in [-0.25, -0.2) is 0 Å². The van der Waals surface area contributed by atoms with Crippen molar-refractivity contribution in [2.75, 3.05) is 12.8 Å². The molecule has 0 unspecified atom stereocenters. The Hall–Kier alpha value is -2.76. The number of likely N-dealkylation sites (N-methyl/N-ethyl adjacent to an activating group) is 1. The third-order valence-corrected chi connectivity index (χ3v) is 6.36.